The minimum absolute atomic E-state index is 0.140. The molecule has 0 atom stereocenters. The second-order valence-corrected chi connectivity index (χ2v) is 3.99. The number of hydrogen-bond acceptors (Lipinski definition) is 3. The first-order valence-electron chi connectivity index (χ1n) is 5.16. The first kappa shape index (κ1) is 13.0. The number of methoxy groups -OCH3 is 1. The zero-order valence-electron chi connectivity index (χ0n) is 9.55. The third-order valence-electron chi connectivity index (χ3n) is 2.21. The van der Waals surface area contributed by atoms with Crippen molar-refractivity contribution in [1.29, 1.82) is 0 Å². The highest BCUT2D eigenvalue weighted by atomic mass is 35.5. The summed E-state index contributed by atoms with van der Waals surface area (Å²) in [5, 5.41) is 3.75. The highest BCUT2D eigenvalue weighted by Crippen LogP contribution is 2.22. The van der Waals surface area contributed by atoms with Crippen molar-refractivity contribution in [3.63, 3.8) is 0 Å². The average Bonchev–Trinajstić information content (AvgIpc) is 2.25. The first-order chi connectivity index (χ1) is 7.63. The minimum atomic E-state index is 0.140. The van der Waals surface area contributed by atoms with Crippen LogP contribution in [0, 0.1) is 0 Å². The van der Waals surface area contributed by atoms with Crippen LogP contribution in [0.15, 0.2) is 18.2 Å². The van der Waals surface area contributed by atoms with Crippen LogP contribution in [-0.4, -0.2) is 26.0 Å². The minimum Gasteiger partial charge on any atom is -0.497 e. The van der Waals surface area contributed by atoms with Gasteiger partial charge in [-0.2, -0.15) is 0 Å². The fraction of sp³-hybridized carbons (Fsp3) is 0.417. The summed E-state index contributed by atoms with van der Waals surface area (Å²) in [5.41, 5.74) is 1.05. The smallest absolute Gasteiger partial charge is 0.143 e. The Labute approximate surface area is 101 Å². The topological polar surface area (TPSA) is 38.3 Å². The molecule has 3 nitrogen and oxygen atoms in total. The van der Waals surface area contributed by atoms with Gasteiger partial charge in [-0.15, -0.1) is 0 Å². The average molecular weight is 242 g/mol. The molecule has 0 aliphatic heterocycles. The molecule has 0 aromatic heterocycles. The highest BCUT2D eigenvalue weighted by Gasteiger charge is 2.02. The van der Waals surface area contributed by atoms with Gasteiger partial charge in [-0.05, 0) is 37.6 Å². The number of Topliss-reactive ketones (excluding diaryl/α,β-unsaturated/α-hetero) is 1. The molecular weight excluding hydrogens is 226 g/mol. The van der Waals surface area contributed by atoms with E-state index in [1.165, 1.54) is 0 Å². The van der Waals surface area contributed by atoms with E-state index in [1.54, 1.807) is 20.1 Å². The zero-order chi connectivity index (χ0) is 12.0. The van der Waals surface area contributed by atoms with Crippen molar-refractivity contribution in [2.45, 2.75) is 13.3 Å². The van der Waals surface area contributed by atoms with E-state index in [4.69, 9.17) is 16.3 Å². The molecule has 0 bridgehead atoms. The van der Waals surface area contributed by atoms with Gasteiger partial charge in [-0.25, -0.2) is 0 Å². The molecule has 1 aromatic carbocycles. The van der Waals surface area contributed by atoms with Gasteiger partial charge in [0.15, 0.2) is 0 Å². The Balaban J connectivity index is 2.45. The van der Waals surface area contributed by atoms with Crippen LogP contribution in [0.25, 0.3) is 0 Å². The van der Waals surface area contributed by atoms with E-state index in [-0.39, 0.29) is 5.78 Å². The second-order valence-electron chi connectivity index (χ2n) is 3.59. The van der Waals surface area contributed by atoms with E-state index in [9.17, 15) is 4.79 Å². The predicted octanol–water partition coefficient (Wildman–Crippen LogP) is 2.07. The molecule has 0 fully saturated rings. The Hall–Kier alpha value is -1.06. The maximum Gasteiger partial charge on any atom is 0.143 e. The number of ether oxygens (including phenoxy) is 1. The highest BCUT2D eigenvalue weighted by molar-refractivity contribution is 6.31. The number of nitrogens with one attached hydrogen (secondary N) is 1. The van der Waals surface area contributed by atoms with Gasteiger partial charge in [-0.3, -0.25) is 4.79 Å². The van der Waals surface area contributed by atoms with Crippen LogP contribution in [0.3, 0.4) is 0 Å². The Morgan fingerprint density at radius 2 is 2.25 bits per heavy atom. The van der Waals surface area contributed by atoms with Crippen molar-refractivity contribution in [2.24, 2.45) is 0 Å². The van der Waals surface area contributed by atoms with Crippen LogP contribution in [0.5, 0.6) is 5.75 Å². The van der Waals surface area contributed by atoms with Gasteiger partial charge in [0.1, 0.15) is 11.5 Å². The third-order valence-corrected chi connectivity index (χ3v) is 2.56. The van der Waals surface area contributed by atoms with Crippen LogP contribution in [0.2, 0.25) is 5.02 Å². The van der Waals surface area contributed by atoms with Crippen LogP contribution >= 0.6 is 11.6 Å². The lowest BCUT2D eigenvalue weighted by atomic mass is 10.1. The fourth-order valence-corrected chi connectivity index (χ4v) is 1.61. The van der Waals surface area contributed by atoms with E-state index in [0.29, 0.717) is 11.6 Å². The Morgan fingerprint density at radius 3 is 2.81 bits per heavy atom. The van der Waals surface area contributed by atoms with Gasteiger partial charge in [-0.1, -0.05) is 17.7 Å². The van der Waals surface area contributed by atoms with Gasteiger partial charge < -0.3 is 10.1 Å². The molecule has 0 aliphatic carbocycles. The van der Waals surface area contributed by atoms with Crippen LogP contribution in [-0.2, 0) is 11.2 Å². The number of carbonyl (C=O) groups excluding carboxylic acids is 1. The van der Waals surface area contributed by atoms with Gasteiger partial charge in [0.25, 0.3) is 0 Å². The van der Waals surface area contributed by atoms with Crippen molar-refractivity contribution in [2.75, 3.05) is 20.2 Å². The van der Waals surface area contributed by atoms with E-state index in [2.05, 4.69) is 5.32 Å². The molecule has 0 radical (unpaired) electrons. The molecule has 0 saturated carbocycles. The van der Waals surface area contributed by atoms with Crippen LogP contribution in [0.4, 0.5) is 0 Å². The molecule has 88 valence electrons. The van der Waals surface area contributed by atoms with Gasteiger partial charge in [0, 0.05) is 5.02 Å². The van der Waals surface area contributed by atoms with Crippen molar-refractivity contribution < 1.29 is 9.53 Å². The Morgan fingerprint density at radius 1 is 1.50 bits per heavy atom. The molecular formula is C12H16ClNO2. The molecule has 4 heteroatoms. The molecule has 0 amide bonds. The van der Waals surface area contributed by atoms with Crippen LogP contribution in [0.1, 0.15) is 12.5 Å². The quantitative estimate of drug-likeness (QED) is 0.775. The standard InChI is InChI=1S/C12H16ClNO2/c1-9(15)8-14-6-5-10-3-4-11(16-2)7-12(10)13/h3-4,7,14H,5-6,8H2,1-2H3. The summed E-state index contributed by atoms with van der Waals surface area (Å²) in [5.74, 6) is 0.895. The number of carbonyl (C=O) groups is 1. The number of hydrogen-bond donors (Lipinski definition) is 1. The summed E-state index contributed by atoms with van der Waals surface area (Å²) in [6, 6.07) is 5.62. The second kappa shape index (κ2) is 6.51. The number of ketones is 1. The molecule has 0 saturated heterocycles. The molecule has 0 heterocycles. The monoisotopic (exact) mass is 241 g/mol. The van der Waals surface area contributed by atoms with Crippen molar-refractivity contribution >= 4 is 17.4 Å². The van der Waals surface area contributed by atoms with E-state index in [0.717, 1.165) is 24.3 Å². The summed E-state index contributed by atoms with van der Waals surface area (Å²) in [4.78, 5) is 10.7. The van der Waals surface area contributed by atoms with Crippen LogP contribution < -0.4 is 10.1 Å². The first-order valence-corrected chi connectivity index (χ1v) is 5.54. The van der Waals surface area contributed by atoms with Gasteiger partial charge in [0.2, 0.25) is 0 Å². The molecule has 1 rings (SSSR count). The maximum atomic E-state index is 10.7. The van der Waals surface area contributed by atoms with Crippen molar-refractivity contribution in [3.8, 4) is 5.75 Å². The lowest BCUT2D eigenvalue weighted by molar-refractivity contribution is -0.116. The van der Waals surface area contributed by atoms with E-state index < -0.39 is 0 Å². The molecule has 1 aromatic rings. The lowest BCUT2D eigenvalue weighted by Gasteiger charge is -2.07. The van der Waals surface area contributed by atoms with Crippen molar-refractivity contribution in [3.05, 3.63) is 28.8 Å². The van der Waals surface area contributed by atoms with Gasteiger partial charge in [0.05, 0.1) is 13.7 Å². The fourth-order valence-electron chi connectivity index (χ4n) is 1.35. The normalized spacial score (nSPS) is 10.2. The predicted molar refractivity (Wildman–Crippen MR) is 65.3 cm³/mol. The summed E-state index contributed by atoms with van der Waals surface area (Å²) >= 11 is 6.07. The van der Waals surface area contributed by atoms with Crippen molar-refractivity contribution in [1.82, 2.24) is 5.32 Å². The maximum absolute atomic E-state index is 10.7. The summed E-state index contributed by atoms with van der Waals surface area (Å²) in [7, 11) is 1.61. The number of halogens is 1. The van der Waals surface area contributed by atoms with E-state index in [1.807, 2.05) is 12.1 Å². The Bertz CT molecular complexity index is 366. The number of benzene rings is 1. The molecule has 0 unspecified atom stereocenters. The molecule has 1 N–H and O–H groups in total. The summed E-state index contributed by atoms with van der Waals surface area (Å²) in [6.45, 7) is 2.72. The third kappa shape index (κ3) is 4.21. The number of rotatable bonds is 6. The Kier molecular flexibility index (Phi) is 5.29. The largest absolute Gasteiger partial charge is 0.497 e. The summed E-state index contributed by atoms with van der Waals surface area (Å²) < 4.78 is 5.06. The summed E-state index contributed by atoms with van der Waals surface area (Å²) in [6.07, 6.45) is 0.802. The molecule has 0 spiro atoms. The van der Waals surface area contributed by atoms with E-state index >= 15 is 0 Å². The molecule has 0 aliphatic rings. The SMILES string of the molecule is COc1ccc(CCNCC(C)=O)c(Cl)c1. The van der Waals surface area contributed by atoms with Gasteiger partial charge >= 0.3 is 0 Å². The lowest BCUT2D eigenvalue weighted by Crippen LogP contribution is -2.23. The molecule has 16 heavy (non-hydrogen) atoms. The zero-order valence-corrected chi connectivity index (χ0v) is 10.3.